The number of sulfonamides is 1. The molecule has 0 amide bonds. The molecule has 0 aliphatic carbocycles. The highest BCUT2D eigenvalue weighted by Gasteiger charge is 2.30. The number of aromatic carboxylic acids is 1. The zero-order chi connectivity index (χ0) is 16.4. The topological polar surface area (TPSA) is 82.8 Å². The molecule has 0 spiro atoms. The second-order valence-corrected chi connectivity index (χ2v) is 7.19. The fourth-order valence-corrected chi connectivity index (χ4v) is 4.06. The Labute approximate surface area is 125 Å². The lowest BCUT2D eigenvalue weighted by atomic mass is 10.3. The van der Waals surface area contributed by atoms with Crippen LogP contribution < -0.4 is 0 Å². The number of aromatic nitrogens is 1. The Morgan fingerprint density at radius 1 is 1.43 bits per heavy atom. The molecule has 8 heteroatoms. The maximum Gasteiger partial charge on any atom is 0.352 e. The minimum atomic E-state index is -3.71. The van der Waals surface area contributed by atoms with E-state index in [-0.39, 0.29) is 16.6 Å². The third-order valence-corrected chi connectivity index (χ3v) is 5.29. The van der Waals surface area contributed by atoms with Crippen LogP contribution >= 0.6 is 0 Å². The van der Waals surface area contributed by atoms with Gasteiger partial charge in [0.2, 0.25) is 10.0 Å². The van der Waals surface area contributed by atoms with Crippen LogP contribution in [0.15, 0.2) is 17.2 Å². The molecule has 1 atom stereocenters. The molecule has 0 fully saturated rings. The van der Waals surface area contributed by atoms with E-state index in [4.69, 9.17) is 5.11 Å². The molecule has 1 heterocycles. The maximum absolute atomic E-state index is 12.7. The molecule has 0 bridgehead atoms. The molecule has 1 aromatic rings. The number of carbonyl (C=O) groups is 1. The van der Waals surface area contributed by atoms with E-state index in [2.05, 4.69) is 0 Å². The summed E-state index contributed by atoms with van der Waals surface area (Å²) in [6.45, 7) is 4.52. The Morgan fingerprint density at radius 3 is 2.38 bits per heavy atom. The van der Waals surface area contributed by atoms with Crippen LogP contribution in [0.1, 0.15) is 24.3 Å². The lowest BCUT2D eigenvalue weighted by molar-refractivity contribution is 0.0686. The average Bonchev–Trinajstić information content (AvgIpc) is 2.71. The summed E-state index contributed by atoms with van der Waals surface area (Å²) in [5, 5.41) is 9.03. The van der Waals surface area contributed by atoms with Crippen LogP contribution in [0.2, 0.25) is 0 Å². The van der Waals surface area contributed by atoms with Crippen LogP contribution in [0.5, 0.6) is 0 Å². The highest BCUT2D eigenvalue weighted by molar-refractivity contribution is 7.89. The number of carboxylic acid groups (broad SMARTS) is 1. The van der Waals surface area contributed by atoms with E-state index in [1.807, 2.05) is 25.9 Å². The van der Waals surface area contributed by atoms with E-state index < -0.39 is 16.0 Å². The highest BCUT2D eigenvalue weighted by atomic mass is 32.2. The predicted molar refractivity (Wildman–Crippen MR) is 80.0 cm³/mol. The number of carboxylic acids is 1. The van der Waals surface area contributed by atoms with Crippen molar-refractivity contribution in [1.29, 1.82) is 0 Å². The van der Waals surface area contributed by atoms with Crippen LogP contribution in [0.25, 0.3) is 0 Å². The minimum Gasteiger partial charge on any atom is -0.477 e. The minimum absolute atomic E-state index is 0.00913. The highest BCUT2D eigenvalue weighted by Crippen LogP contribution is 2.20. The summed E-state index contributed by atoms with van der Waals surface area (Å²) >= 11 is 0. The first-order valence-corrected chi connectivity index (χ1v) is 8.11. The van der Waals surface area contributed by atoms with Crippen molar-refractivity contribution in [3.63, 3.8) is 0 Å². The van der Waals surface area contributed by atoms with Gasteiger partial charge >= 0.3 is 5.97 Å². The predicted octanol–water partition coefficient (Wildman–Crippen LogP) is 0.684. The molecule has 1 unspecified atom stereocenters. The monoisotopic (exact) mass is 317 g/mol. The fourth-order valence-electron chi connectivity index (χ4n) is 2.36. The van der Waals surface area contributed by atoms with Crippen LogP contribution in [-0.2, 0) is 17.1 Å². The summed E-state index contributed by atoms with van der Waals surface area (Å²) in [7, 11) is 1.56. The normalized spacial score (nSPS) is 13.9. The van der Waals surface area contributed by atoms with E-state index in [1.54, 1.807) is 6.92 Å². The van der Waals surface area contributed by atoms with Gasteiger partial charge in [-0.3, -0.25) is 0 Å². The third-order valence-electron chi connectivity index (χ3n) is 3.24. The summed E-state index contributed by atoms with van der Waals surface area (Å²) < 4.78 is 28.0. The SMILES string of the molecule is CCN(C(C)CN(C)C)S(=O)(=O)c1cc(C(=O)O)n(C)c1. The van der Waals surface area contributed by atoms with Crippen molar-refractivity contribution in [2.45, 2.75) is 24.8 Å². The Bertz CT molecular complexity index is 607. The molecule has 120 valence electrons. The second kappa shape index (κ2) is 6.59. The number of aryl methyl sites for hydroxylation is 1. The van der Waals surface area contributed by atoms with Gasteiger partial charge in [0.05, 0.1) is 0 Å². The molecule has 1 rings (SSSR count). The van der Waals surface area contributed by atoms with E-state index in [1.165, 1.54) is 28.2 Å². The fraction of sp³-hybridized carbons (Fsp3) is 0.615. The number of rotatable bonds is 7. The Balaban J connectivity index is 3.19. The quantitative estimate of drug-likeness (QED) is 0.800. The number of hydrogen-bond donors (Lipinski definition) is 1. The van der Waals surface area contributed by atoms with Gasteiger partial charge in [-0.05, 0) is 27.1 Å². The van der Waals surface area contributed by atoms with Crippen molar-refractivity contribution in [3.8, 4) is 0 Å². The van der Waals surface area contributed by atoms with Gasteiger partial charge in [-0.2, -0.15) is 4.31 Å². The zero-order valence-electron chi connectivity index (χ0n) is 13.1. The van der Waals surface area contributed by atoms with Crippen LogP contribution in [0, 0.1) is 0 Å². The van der Waals surface area contributed by atoms with Gasteiger partial charge in [0, 0.05) is 32.4 Å². The molecular weight excluding hydrogens is 294 g/mol. The van der Waals surface area contributed by atoms with Crippen molar-refractivity contribution in [2.24, 2.45) is 7.05 Å². The number of nitrogens with zero attached hydrogens (tertiary/aromatic N) is 3. The molecule has 1 N–H and O–H groups in total. The van der Waals surface area contributed by atoms with Crippen molar-refractivity contribution in [2.75, 3.05) is 27.2 Å². The average molecular weight is 317 g/mol. The molecular formula is C13H23N3O4S. The van der Waals surface area contributed by atoms with Gasteiger partial charge in [0.25, 0.3) is 0 Å². The molecule has 0 saturated carbocycles. The third kappa shape index (κ3) is 3.84. The van der Waals surface area contributed by atoms with Gasteiger partial charge in [0.15, 0.2) is 0 Å². The Kier molecular flexibility index (Phi) is 5.54. The largest absolute Gasteiger partial charge is 0.477 e. The van der Waals surface area contributed by atoms with Gasteiger partial charge in [-0.1, -0.05) is 6.92 Å². The van der Waals surface area contributed by atoms with Crippen molar-refractivity contribution >= 4 is 16.0 Å². The molecule has 0 aromatic carbocycles. The standard InChI is InChI=1S/C13H23N3O4S/c1-6-16(10(2)8-14(3)4)21(19,20)11-7-12(13(17)18)15(5)9-11/h7,9-10H,6,8H2,1-5H3,(H,17,18). The molecule has 1 aromatic heterocycles. The number of hydrogen-bond acceptors (Lipinski definition) is 4. The molecule has 21 heavy (non-hydrogen) atoms. The van der Waals surface area contributed by atoms with Crippen molar-refractivity contribution < 1.29 is 18.3 Å². The summed E-state index contributed by atoms with van der Waals surface area (Å²) in [6.07, 6.45) is 1.34. The summed E-state index contributed by atoms with van der Waals surface area (Å²) in [6, 6.07) is 0.992. The number of likely N-dealkylation sites (N-methyl/N-ethyl adjacent to an activating group) is 2. The molecule has 7 nitrogen and oxygen atoms in total. The summed E-state index contributed by atoms with van der Waals surface area (Å²) in [4.78, 5) is 13.0. The van der Waals surface area contributed by atoms with E-state index in [9.17, 15) is 13.2 Å². The van der Waals surface area contributed by atoms with Gasteiger partial charge in [0.1, 0.15) is 10.6 Å². The smallest absolute Gasteiger partial charge is 0.352 e. The first-order chi connectivity index (χ1) is 9.61. The maximum atomic E-state index is 12.7. The lowest BCUT2D eigenvalue weighted by Crippen LogP contribution is -2.43. The van der Waals surface area contributed by atoms with Crippen molar-refractivity contribution in [3.05, 3.63) is 18.0 Å². The molecule has 0 aliphatic heterocycles. The van der Waals surface area contributed by atoms with Crippen LogP contribution in [-0.4, -0.2) is 66.5 Å². The van der Waals surface area contributed by atoms with E-state index >= 15 is 0 Å². The Hall–Kier alpha value is -1.38. The van der Waals surface area contributed by atoms with Crippen molar-refractivity contribution in [1.82, 2.24) is 13.8 Å². The zero-order valence-corrected chi connectivity index (χ0v) is 13.9. The van der Waals surface area contributed by atoms with E-state index in [0.29, 0.717) is 13.1 Å². The summed E-state index contributed by atoms with van der Waals surface area (Å²) in [5.74, 6) is -1.15. The first-order valence-electron chi connectivity index (χ1n) is 6.67. The van der Waals surface area contributed by atoms with Gasteiger partial charge in [-0.15, -0.1) is 0 Å². The van der Waals surface area contributed by atoms with Gasteiger partial charge in [-0.25, -0.2) is 13.2 Å². The first kappa shape index (κ1) is 17.7. The van der Waals surface area contributed by atoms with E-state index in [0.717, 1.165) is 0 Å². The van der Waals surface area contributed by atoms with Crippen LogP contribution in [0.3, 0.4) is 0 Å². The molecule has 0 saturated heterocycles. The Morgan fingerprint density at radius 2 is 2.00 bits per heavy atom. The lowest BCUT2D eigenvalue weighted by Gasteiger charge is -2.28. The molecule has 0 aliphatic rings. The molecule has 0 radical (unpaired) electrons. The van der Waals surface area contributed by atoms with Crippen LogP contribution in [0.4, 0.5) is 0 Å². The van der Waals surface area contributed by atoms with Gasteiger partial charge < -0.3 is 14.6 Å². The second-order valence-electron chi connectivity index (χ2n) is 5.30. The summed E-state index contributed by atoms with van der Waals surface area (Å²) in [5.41, 5.74) is -0.0510.